The third kappa shape index (κ3) is 7.08. The van der Waals surface area contributed by atoms with Crippen molar-refractivity contribution >= 4 is 23.6 Å². The molecule has 0 fully saturated rings. The maximum atomic E-state index is 12.4. The van der Waals surface area contributed by atoms with Crippen molar-refractivity contribution in [3.8, 4) is 23.3 Å². The van der Waals surface area contributed by atoms with E-state index in [0.29, 0.717) is 33.3 Å². The average molecular weight is 474 g/mol. The van der Waals surface area contributed by atoms with Gasteiger partial charge in [-0.3, -0.25) is 0 Å². The number of benzene rings is 2. The number of nitrogens with zero attached hydrogens (tertiary/aromatic N) is 1. The minimum Gasteiger partial charge on any atom is -0.495 e. The van der Waals surface area contributed by atoms with Crippen molar-refractivity contribution in [1.82, 2.24) is 4.98 Å². The van der Waals surface area contributed by atoms with Crippen LogP contribution in [-0.4, -0.2) is 31.5 Å². The largest absolute Gasteiger partial charge is 0.573 e. The molecule has 1 aromatic heterocycles. The van der Waals surface area contributed by atoms with E-state index in [1.807, 2.05) is 0 Å². The monoisotopic (exact) mass is 474 g/mol. The van der Waals surface area contributed by atoms with E-state index in [9.17, 15) is 18.0 Å². The number of halogens is 3. The first-order chi connectivity index (χ1) is 15.8. The minimum atomic E-state index is -4.77. The summed E-state index contributed by atoms with van der Waals surface area (Å²) in [5, 5.41) is 0.593. The smallest absolute Gasteiger partial charge is 0.495 e. The first-order valence-electron chi connectivity index (χ1n) is 9.31. The van der Waals surface area contributed by atoms with Crippen LogP contribution in [-0.2, 0) is 4.74 Å². The fourth-order valence-electron chi connectivity index (χ4n) is 2.58. The van der Waals surface area contributed by atoms with Crippen LogP contribution in [0.1, 0.15) is 21.6 Å². The van der Waals surface area contributed by atoms with Crippen molar-refractivity contribution in [2.75, 3.05) is 18.9 Å². The molecule has 0 radical (unpaired) electrons. The molecular weight excluding hydrogens is 457 g/mol. The van der Waals surface area contributed by atoms with Crippen molar-refractivity contribution < 1.29 is 32.2 Å². The molecule has 1 N–H and O–H groups in total. The van der Waals surface area contributed by atoms with Gasteiger partial charge in [-0.2, -0.15) is 0 Å². The van der Waals surface area contributed by atoms with Gasteiger partial charge in [0.2, 0.25) is 0 Å². The van der Waals surface area contributed by atoms with Crippen LogP contribution < -0.4 is 14.2 Å². The van der Waals surface area contributed by atoms with Gasteiger partial charge in [0.25, 0.3) is 0 Å². The van der Waals surface area contributed by atoms with Crippen LogP contribution in [0.4, 0.5) is 18.9 Å². The Hall–Kier alpha value is -3.84. The van der Waals surface area contributed by atoms with Gasteiger partial charge in [0.1, 0.15) is 22.2 Å². The van der Waals surface area contributed by atoms with Crippen LogP contribution in [0.3, 0.4) is 0 Å². The van der Waals surface area contributed by atoms with Crippen molar-refractivity contribution in [2.45, 2.75) is 11.4 Å². The van der Waals surface area contributed by atoms with E-state index in [4.69, 9.17) is 9.47 Å². The zero-order valence-corrected chi connectivity index (χ0v) is 18.2. The molecule has 2 aromatic carbocycles. The zero-order valence-electron chi connectivity index (χ0n) is 17.4. The maximum absolute atomic E-state index is 12.4. The highest BCUT2D eigenvalue weighted by atomic mass is 32.2. The lowest BCUT2D eigenvalue weighted by Gasteiger charge is -2.11. The second-order valence-corrected chi connectivity index (χ2v) is 7.12. The van der Waals surface area contributed by atoms with Gasteiger partial charge in [0.05, 0.1) is 25.5 Å². The Morgan fingerprint density at radius 1 is 1.03 bits per heavy atom. The van der Waals surface area contributed by atoms with Crippen LogP contribution in [0.5, 0.6) is 11.5 Å². The number of nitrogens with one attached hydrogen (secondary N) is 1. The molecule has 0 unspecified atom stereocenters. The first-order valence-corrected chi connectivity index (χ1v) is 10.1. The Morgan fingerprint density at radius 2 is 1.82 bits per heavy atom. The summed E-state index contributed by atoms with van der Waals surface area (Å²) in [5.74, 6) is 5.22. The highest BCUT2D eigenvalue weighted by molar-refractivity contribution is 8.00. The second-order valence-electron chi connectivity index (χ2n) is 6.30. The number of alkyl halides is 3. The standard InChI is InChI=1S/C23H17F3N2O4S/c1-30-20-14-16(22(29)31-2)10-12-19(20)28-33-21-8-4-6-17(27-21)11-9-15-5-3-7-18(13-15)32-23(24,25)26/h3-8,10,12-14,28H,1-2H3. The fourth-order valence-corrected chi connectivity index (χ4v) is 3.25. The van der Waals surface area contributed by atoms with Gasteiger partial charge in [0.15, 0.2) is 0 Å². The first kappa shape index (κ1) is 23.8. The molecular formula is C23H17F3N2O4S. The number of methoxy groups -OCH3 is 2. The summed E-state index contributed by atoms with van der Waals surface area (Å²) >= 11 is 1.20. The number of rotatable bonds is 6. The normalized spacial score (nSPS) is 10.6. The summed E-state index contributed by atoms with van der Waals surface area (Å²) in [7, 11) is 2.78. The summed E-state index contributed by atoms with van der Waals surface area (Å²) < 4.78 is 54.2. The van der Waals surface area contributed by atoms with Gasteiger partial charge in [-0.15, -0.1) is 13.2 Å². The maximum Gasteiger partial charge on any atom is 0.573 e. The number of carbonyl (C=O) groups is 1. The third-order valence-electron chi connectivity index (χ3n) is 4.01. The quantitative estimate of drug-likeness (QED) is 0.296. The lowest BCUT2D eigenvalue weighted by molar-refractivity contribution is -0.274. The molecule has 170 valence electrons. The van der Waals surface area contributed by atoms with E-state index >= 15 is 0 Å². The molecule has 1 heterocycles. The molecule has 0 amide bonds. The van der Waals surface area contributed by atoms with E-state index in [1.165, 1.54) is 44.4 Å². The number of ether oxygens (including phenoxy) is 3. The summed E-state index contributed by atoms with van der Waals surface area (Å²) in [5.41, 5.74) is 1.75. The van der Waals surface area contributed by atoms with E-state index in [0.717, 1.165) is 0 Å². The molecule has 0 aliphatic rings. The van der Waals surface area contributed by atoms with Crippen LogP contribution in [0.15, 0.2) is 65.7 Å². The fraction of sp³-hybridized carbons (Fsp3) is 0.130. The third-order valence-corrected chi connectivity index (χ3v) is 4.77. The molecule has 0 atom stereocenters. The molecule has 33 heavy (non-hydrogen) atoms. The number of hydrogen-bond acceptors (Lipinski definition) is 7. The Labute approximate surface area is 192 Å². The van der Waals surface area contributed by atoms with Gasteiger partial charge in [0, 0.05) is 17.5 Å². The summed E-state index contributed by atoms with van der Waals surface area (Å²) in [6.45, 7) is 0. The number of esters is 1. The SMILES string of the molecule is COC(=O)c1ccc(NSc2cccc(C#Cc3cccc(OC(F)(F)F)c3)n2)c(OC)c1. The van der Waals surface area contributed by atoms with Crippen LogP contribution >= 0.6 is 11.9 Å². The Bertz CT molecular complexity index is 1210. The van der Waals surface area contributed by atoms with E-state index < -0.39 is 12.3 Å². The van der Waals surface area contributed by atoms with E-state index in [-0.39, 0.29) is 5.75 Å². The molecule has 0 bridgehead atoms. The summed E-state index contributed by atoms with van der Waals surface area (Å²) in [6, 6.07) is 15.4. The van der Waals surface area contributed by atoms with Crippen molar-refractivity contribution in [3.05, 3.63) is 77.5 Å². The lowest BCUT2D eigenvalue weighted by Crippen LogP contribution is -2.17. The molecule has 6 nitrogen and oxygen atoms in total. The topological polar surface area (TPSA) is 69.7 Å². The van der Waals surface area contributed by atoms with Crippen molar-refractivity contribution in [1.29, 1.82) is 0 Å². The molecule has 0 saturated carbocycles. The zero-order chi connectivity index (χ0) is 23.8. The summed E-state index contributed by atoms with van der Waals surface area (Å²) in [6.07, 6.45) is -4.77. The van der Waals surface area contributed by atoms with Crippen molar-refractivity contribution in [3.63, 3.8) is 0 Å². The van der Waals surface area contributed by atoms with E-state index in [2.05, 4.69) is 26.3 Å². The predicted octanol–water partition coefficient (Wildman–Crippen LogP) is 5.29. The Kier molecular flexibility index (Phi) is 7.69. The minimum absolute atomic E-state index is 0.345. The molecule has 0 aliphatic heterocycles. The molecule has 3 rings (SSSR count). The van der Waals surface area contributed by atoms with Crippen LogP contribution in [0.2, 0.25) is 0 Å². The number of anilines is 1. The highest BCUT2D eigenvalue weighted by Gasteiger charge is 2.31. The molecule has 0 saturated heterocycles. The van der Waals surface area contributed by atoms with Gasteiger partial charge in [-0.25, -0.2) is 9.78 Å². The molecule has 0 aliphatic carbocycles. The van der Waals surface area contributed by atoms with Gasteiger partial charge >= 0.3 is 12.3 Å². The molecule has 10 heteroatoms. The van der Waals surface area contributed by atoms with Crippen LogP contribution in [0, 0.1) is 11.8 Å². The molecule has 0 spiro atoms. The van der Waals surface area contributed by atoms with Gasteiger partial charge in [-0.1, -0.05) is 18.1 Å². The number of pyridine rings is 1. The van der Waals surface area contributed by atoms with Gasteiger partial charge < -0.3 is 18.9 Å². The number of carbonyl (C=O) groups excluding carboxylic acids is 1. The molecule has 3 aromatic rings. The highest BCUT2D eigenvalue weighted by Crippen LogP contribution is 2.30. The average Bonchev–Trinajstić information content (AvgIpc) is 2.80. The van der Waals surface area contributed by atoms with Crippen molar-refractivity contribution in [2.24, 2.45) is 0 Å². The van der Waals surface area contributed by atoms with Gasteiger partial charge in [-0.05, 0) is 54.5 Å². The Balaban J connectivity index is 1.71. The van der Waals surface area contributed by atoms with Crippen LogP contribution in [0.25, 0.3) is 0 Å². The predicted molar refractivity (Wildman–Crippen MR) is 117 cm³/mol. The number of hydrogen-bond donors (Lipinski definition) is 1. The second kappa shape index (κ2) is 10.7. The summed E-state index contributed by atoms with van der Waals surface area (Å²) in [4.78, 5) is 16.1. The Morgan fingerprint density at radius 3 is 2.55 bits per heavy atom. The lowest BCUT2D eigenvalue weighted by atomic mass is 10.2. The van der Waals surface area contributed by atoms with E-state index in [1.54, 1.807) is 42.5 Å². The number of aromatic nitrogens is 1.